The van der Waals surface area contributed by atoms with Crippen molar-refractivity contribution in [3.63, 3.8) is 0 Å². The van der Waals surface area contributed by atoms with Gasteiger partial charge in [-0.3, -0.25) is 4.79 Å². The lowest BCUT2D eigenvalue weighted by atomic mass is 10.0. The molecule has 1 aromatic carbocycles. The lowest BCUT2D eigenvalue weighted by Crippen LogP contribution is -2.36. The molecule has 1 aromatic heterocycles. The highest BCUT2D eigenvalue weighted by Crippen LogP contribution is 2.22. The second kappa shape index (κ2) is 4.82. The van der Waals surface area contributed by atoms with Crippen molar-refractivity contribution >= 4 is 5.91 Å². The Balaban J connectivity index is 1.85. The van der Waals surface area contributed by atoms with Gasteiger partial charge in [0.2, 0.25) is 0 Å². The van der Waals surface area contributed by atoms with Crippen LogP contribution in [0.5, 0.6) is 0 Å². The summed E-state index contributed by atoms with van der Waals surface area (Å²) < 4.78 is 2.16. The maximum Gasteiger partial charge on any atom is 0.254 e. The molecule has 0 radical (unpaired) electrons. The molecule has 3 rings (SSSR count). The van der Waals surface area contributed by atoms with E-state index in [0.29, 0.717) is 0 Å². The Morgan fingerprint density at radius 1 is 1.20 bits per heavy atom. The fraction of sp³-hybridized carbons (Fsp3) is 0.353. The molecule has 0 bridgehead atoms. The predicted octanol–water partition coefficient (Wildman–Crippen LogP) is 2.84. The third kappa shape index (κ3) is 2.13. The van der Waals surface area contributed by atoms with Crippen LogP contribution in [-0.2, 0) is 20.0 Å². The summed E-state index contributed by atoms with van der Waals surface area (Å²) in [6, 6.07) is 8.16. The third-order valence-electron chi connectivity index (χ3n) is 4.18. The monoisotopic (exact) mass is 268 g/mol. The van der Waals surface area contributed by atoms with Crippen molar-refractivity contribution in [3.8, 4) is 0 Å². The van der Waals surface area contributed by atoms with Crippen LogP contribution in [0.4, 0.5) is 0 Å². The van der Waals surface area contributed by atoms with Crippen LogP contribution >= 0.6 is 0 Å². The highest BCUT2D eigenvalue weighted by Gasteiger charge is 2.24. The average Bonchev–Trinajstić information content (AvgIpc) is 2.79. The summed E-state index contributed by atoms with van der Waals surface area (Å²) in [5.74, 6) is 0.150. The zero-order chi connectivity index (χ0) is 14.3. The van der Waals surface area contributed by atoms with Crippen LogP contribution in [-0.4, -0.2) is 21.9 Å². The molecule has 2 aromatic rings. The first-order valence-electron chi connectivity index (χ1n) is 7.06. The number of amides is 1. The Labute approximate surface area is 119 Å². The SMILES string of the molecule is Cc1ccc(C(=O)N2CCc3c(ccn3C)C2)c(C)c1. The van der Waals surface area contributed by atoms with Gasteiger partial charge < -0.3 is 9.47 Å². The molecule has 1 aliphatic rings. The van der Waals surface area contributed by atoms with Gasteiger partial charge in [-0.15, -0.1) is 0 Å². The quantitative estimate of drug-likeness (QED) is 0.780. The summed E-state index contributed by atoms with van der Waals surface area (Å²) in [6.45, 7) is 5.59. The minimum atomic E-state index is 0.150. The van der Waals surface area contributed by atoms with Gasteiger partial charge in [0.25, 0.3) is 5.91 Å². The van der Waals surface area contributed by atoms with E-state index >= 15 is 0 Å². The Kier molecular flexibility index (Phi) is 3.13. The molecule has 1 aliphatic heterocycles. The summed E-state index contributed by atoms with van der Waals surface area (Å²) in [7, 11) is 2.07. The summed E-state index contributed by atoms with van der Waals surface area (Å²) in [4.78, 5) is 14.6. The van der Waals surface area contributed by atoms with Crippen molar-refractivity contribution in [2.45, 2.75) is 26.8 Å². The van der Waals surface area contributed by atoms with E-state index in [4.69, 9.17) is 0 Å². The van der Waals surface area contributed by atoms with E-state index in [1.807, 2.05) is 24.0 Å². The lowest BCUT2D eigenvalue weighted by Gasteiger charge is -2.28. The number of benzene rings is 1. The number of hydrogen-bond donors (Lipinski definition) is 0. The highest BCUT2D eigenvalue weighted by atomic mass is 16.2. The molecule has 20 heavy (non-hydrogen) atoms. The number of hydrogen-bond acceptors (Lipinski definition) is 1. The van der Waals surface area contributed by atoms with Gasteiger partial charge in [-0.25, -0.2) is 0 Å². The first-order valence-corrected chi connectivity index (χ1v) is 7.06. The molecule has 3 heteroatoms. The average molecular weight is 268 g/mol. The molecule has 104 valence electrons. The number of rotatable bonds is 1. The third-order valence-corrected chi connectivity index (χ3v) is 4.18. The summed E-state index contributed by atoms with van der Waals surface area (Å²) in [5.41, 5.74) is 5.72. The van der Waals surface area contributed by atoms with E-state index in [0.717, 1.165) is 30.6 Å². The molecule has 0 fully saturated rings. The number of nitrogens with zero attached hydrogens (tertiary/aromatic N) is 2. The first-order chi connectivity index (χ1) is 9.56. The molecule has 0 spiro atoms. The predicted molar refractivity (Wildman–Crippen MR) is 79.8 cm³/mol. The van der Waals surface area contributed by atoms with E-state index in [1.165, 1.54) is 16.8 Å². The highest BCUT2D eigenvalue weighted by molar-refractivity contribution is 5.95. The first kappa shape index (κ1) is 13.0. The number of aryl methyl sites for hydroxylation is 3. The van der Waals surface area contributed by atoms with Gasteiger partial charge in [0.1, 0.15) is 0 Å². The maximum atomic E-state index is 12.7. The van der Waals surface area contributed by atoms with E-state index in [1.54, 1.807) is 0 Å². The molecule has 0 saturated carbocycles. The molecule has 0 N–H and O–H groups in total. The zero-order valence-corrected chi connectivity index (χ0v) is 12.3. The van der Waals surface area contributed by atoms with E-state index in [2.05, 4.69) is 36.9 Å². The van der Waals surface area contributed by atoms with Gasteiger partial charge in [-0.2, -0.15) is 0 Å². The van der Waals surface area contributed by atoms with Crippen LogP contribution in [0.15, 0.2) is 30.5 Å². The van der Waals surface area contributed by atoms with Gasteiger partial charge in [0.05, 0.1) is 0 Å². The van der Waals surface area contributed by atoms with Crippen LogP contribution in [0.1, 0.15) is 32.7 Å². The number of fused-ring (bicyclic) bond motifs is 1. The van der Waals surface area contributed by atoms with Crippen LogP contribution in [0, 0.1) is 13.8 Å². The van der Waals surface area contributed by atoms with Crippen LogP contribution in [0.3, 0.4) is 0 Å². The van der Waals surface area contributed by atoms with Crippen LogP contribution in [0.25, 0.3) is 0 Å². The standard InChI is InChI=1S/C17H20N2O/c1-12-4-5-15(13(2)10-12)17(20)19-9-7-16-14(11-19)6-8-18(16)3/h4-6,8,10H,7,9,11H2,1-3H3. The minimum absolute atomic E-state index is 0.150. The van der Waals surface area contributed by atoms with Gasteiger partial charge >= 0.3 is 0 Å². The molecule has 0 saturated heterocycles. The fourth-order valence-electron chi connectivity index (χ4n) is 3.02. The smallest absolute Gasteiger partial charge is 0.254 e. The Morgan fingerprint density at radius 3 is 2.75 bits per heavy atom. The zero-order valence-electron chi connectivity index (χ0n) is 12.3. The van der Waals surface area contributed by atoms with Crippen LogP contribution in [0.2, 0.25) is 0 Å². The molecule has 2 heterocycles. The van der Waals surface area contributed by atoms with Crippen molar-refractivity contribution in [2.24, 2.45) is 7.05 Å². The van der Waals surface area contributed by atoms with Crippen molar-refractivity contribution in [2.75, 3.05) is 6.54 Å². The van der Waals surface area contributed by atoms with Crippen molar-refractivity contribution < 1.29 is 4.79 Å². The molecule has 1 amide bonds. The lowest BCUT2D eigenvalue weighted by molar-refractivity contribution is 0.0732. The largest absolute Gasteiger partial charge is 0.354 e. The summed E-state index contributed by atoms with van der Waals surface area (Å²) >= 11 is 0. The number of carbonyl (C=O) groups is 1. The minimum Gasteiger partial charge on any atom is -0.354 e. The number of aromatic nitrogens is 1. The molecule has 0 atom stereocenters. The van der Waals surface area contributed by atoms with E-state index in [9.17, 15) is 4.79 Å². The Hall–Kier alpha value is -2.03. The van der Waals surface area contributed by atoms with Crippen molar-refractivity contribution in [3.05, 3.63) is 58.4 Å². The molecule has 0 aliphatic carbocycles. The van der Waals surface area contributed by atoms with E-state index < -0.39 is 0 Å². The van der Waals surface area contributed by atoms with Crippen LogP contribution < -0.4 is 0 Å². The molecular formula is C17H20N2O. The molecule has 3 nitrogen and oxygen atoms in total. The van der Waals surface area contributed by atoms with Crippen molar-refractivity contribution in [1.82, 2.24) is 9.47 Å². The number of carbonyl (C=O) groups excluding carboxylic acids is 1. The second-order valence-corrected chi connectivity index (χ2v) is 5.69. The van der Waals surface area contributed by atoms with Gasteiger partial charge in [0.15, 0.2) is 0 Å². The van der Waals surface area contributed by atoms with Gasteiger partial charge in [-0.05, 0) is 37.1 Å². The fourth-order valence-corrected chi connectivity index (χ4v) is 3.02. The maximum absolute atomic E-state index is 12.7. The van der Waals surface area contributed by atoms with Crippen molar-refractivity contribution in [1.29, 1.82) is 0 Å². The topological polar surface area (TPSA) is 25.2 Å². The normalized spacial score (nSPS) is 14.2. The van der Waals surface area contributed by atoms with E-state index in [-0.39, 0.29) is 5.91 Å². The summed E-state index contributed by atoms with van der Waals surface area (Å²) in [6.07, 6.45) is 3.02. The molecular weight excluding hydrogens is 248 g/mol. The second-order valence-electron chi connectivity index (χ2n) is 5.69. The summed E-state index contributed by atoms with van der Waals surface area (Å²) in [5, 5.41) is 0. The van der Waals surface area contributed by atoms with Gasteiger partial charge in [-0.1, -0.05) is 17.7 Å². The van der Waals surface area contributed by atoms with Gasteiger partial charge in [0, 0.05) is 44.0 Å². The Bertz CT molecular complexity index is 670. The Morgan fingerprint density at radius 2 is 2.00 bits per heavy atom. The molecule has 0 unspecified atom stereocenters.